The summed E-state index contributed by atoms with van der Waals surface area (Å²) < 4.78 is 0. The molecule has 19 heavy (non-hydrogen) atoms. The van der Waals surface area contributed by atoms with E-state index in [1.807, 2.05) is 37.3 Å². The summed E-state index contributed by atoms with van der Waals surface area (Å²) >= 11 is 0. The molecule has 0 heterocycles. The Balaban J connectivity index is 3.74. The summed E-state index contributed by atoms with van der Waals surface area (Å²) in [7, 11) is 0. The number of rotatable bonds is 8. The van der Waals surface area contributed by atoms with Crippen LogP contribution >= 0.6 is 0 Å². The van der Waals surface area contributed by atoms with Gasteiger partial charge < -0.3 is 10.4 Å². The van der Waals surface area contributed by atoms with Crippen LogP contribution in [0.2, 0.25) is 0 Å². The van der Waals surface area contributed by atoms with Crippen LogP contribution in [0.1, 0.15) is 33.6 Å². The summed E-state index contributed by atoms with van der Waals surface area (Å²) in [5, 5.41) is 12.1. The number of allylic oxidation sites excluding steroid dienone is 7. The molecule has 0 fully saturated rings. The van der Waals surface area contributed by atoms with Crippen LogP contribution in [0.3, 0.4) is 0 Å². The third-order valence-corrected chi connectivity index (χ3v) is 2.13. The summed E-state index contributed by atoms with van der Waals surface area (Å²) in [5.41, 5.74) is -0.876. The van der Waals surface area contributed by atoms with Gasteiger partial charge in [-0.25, -0.2) is 0 Å². The molecule has 0 bridgehead atoms. The van der Waals surface area contributed by atoms with Gasteiger partial charge in [0.1, 0.15) is 0 Å². The molecular weight excluding hydrogens is 238 g/mol. The lowest BCUT2D eigenvalue weighted by Gasteiger charge is -2.16. The van der Waals surface area contributed by atoms with Crippen molar-refractivity contribution in [1.29, 1.82) is 0 Å². The molecule has 0 rings (SSSR count). The van der Waals surface area contributed by atoms with E-state index in [4.69, 9.17) is 0 Å². The summed E-state index contributed by atoms with van der Waals surface area (Å²) in [6.07, 6.45) is 17.1. The minimum absolute atomic E-state index is 0.195. The molecule has 0 aromatic carbocycles. The number of unbranched alkanes of at least 4 members (excludes halogenated alkanes) is 1. The van der Waals surface area contributed by atoms with Gasteiger partial charge in [0.2, 0.25) is 5.91 Å². The summed E-state index contributed by atoms with van der Waals surface area (Å²) in [6, 6.07) is 0. The smallest absolute Gasteiger partial charge is 0.244 e. The Morgan fingerprint density at radius 1 is 1.11 bits per heavy atom. The van der Waals surface area contributed by atoms with Gasteiger partial charge in [-0.3, -0.25) is 4.79 Å². The van der Waals surface area contributed by atoms with E-state index in [9.17, 15) is 9.90 Å². The van der Waals surface area contributed by atoms with E-state index in [1.54, 1.807) is 19.9 Å². The Bertz CT molecular complexity index is 357. The molecule has 0 aromatic rings. The molecule has 0 aliphatic carbocycles. The van der Waals surface area contributed by atoms with Crippen molar-refractivity contribution in [3.8, 4) is 0 Å². The first-order chi connectivity index (χ1) is 8.95. The zero-order valence-corrected chi connectivity index (χ0v) is 12.1. The van der Waals surface area contributed by atoms with Gasteiger partial charge in [-0.15, -0.1) is 0 Å². The predicted molar refractivity (Wildman–Crippen MR) is 80.8 cm³/mol. The third kappa shape index (κ3) is 14.3. The lowest BCUT2D eigenvalue weighted by Crippen LogP contribution is -2.37. The van der Waals surface area contributed by atoms with E-state index >= 15 is 0 Å². The molecule has 3 nitrogen and oxygen atoms in total. The van der Waals surface area contributed by atoms with Crippen molar-refractivity contribution in [2.75, 3.05) is 6.54 Å². The molecule has 3 heteroatoms. The second-order valence-electron chi connectivity index (χ2n) is 4.85. The molecule has 0 aliphatic heterocycles. The van der Waals surface area contributed by atoms with E-state index in [0.29, 0.717) is 0 Å². The number of hydrogen-bond donors (Lipinski definition) is 2. The number of hydrogen-bond acceptors (Lipinski definition) is 2. The van der Waals surface area contributed by atoms with Crippen molar-refractivity contribution in [2.24, 2.45) is 0 Å². The number of amides is 1. The normalized spacial score (nSPS) is 13.3. The fourth-order valence-corrected chi connectivity index (χ4v) is 1.16. The van der Waals surface area contributed by atoms with E-state index in [1.165, 1.54) is 6.08 Å². The molecule has 0 saturated carbocycles. The van der Waals surface area contributed by atoms with Crippen LogP contribution in [0.4, 0.5) is 0 Å². The third-order valence-electron chi connectivity index (χ3n) is 2.13. The quantitative estimate of drug-likeness (QED) is 0.402. The zero-order chi connectivity index (χ0) is 14.6. The fraction of sp³-hybridized carbons (Fsp3) is 0.438. The molecule has 0 unspecified atom stereocenters. The highest BCUT2D eigenvalue weighted by molar-refractivity contribution is 5.87. The SMILES string of the molecule is C/C=C/C=C/CC/C=C/C=C/C(=O)NCC(C)(C)O. The lowest BCUT2D eigenvalue weighted by atomic mass is 10.1. The maximum Gasteiger partial charge on any atom is 0.244 e. The van der Waals surface area contributed by atoms with Gasteiger partial charge in [-0.1, -0.05) is 42.5 Å². The van der Waals surface area contributed by atoms with Crippen LogP contribution in [0, 0.1) is 0 Å². The molecule has 0 saturated heterocycles. The Kier molecular flexibility index (Phi) is 9.45. The Hall–Kier alpha value is -1.61. The lowest BCUT2D eigenvalue weighted by molar-refractivity contribution is -0.117. The Morgan fingerprint density at radius 2 is 1.68 bits per heavy atom. The highest BCUT2D eigenvalue weighted by Gasteiger charge is 2.12. The van der Waals surface area contributed by atoms with Crippen LogP contribution in [0.15, 0.2) is 48.6 Å². The standard InChI is InChI=1S/C16H25NO2/c1-4-5-6-7-8-9-10-11-12-13-15(18)17-14-16(2,3)19/h4-7,10-13,19H,8-9,14H2,1-3H3,(H,17,18)/b5-4+,7-6+,11-10+,13-12+. The van der Waals surface area contributed by atoms with Crippen LogP contribution in [-0.4, -0.2) is 23.2 Å². The summed E-state index contributed by atoms with van der Waals surface area (Å²) in [4.78, 5) is 11.3. The van der Waals surface area contributed by atoms with Crippen molar-refractivity contribution < 1.29 is 9.90 Å². The van der Waals surface area contributed by atoms with Gasteiger partial charge in [0.05, 0.1) is 5.60 Å². The molecule has 0 atom stereocenters. The fourth-order valence-electron chi connectivity index (χ4n) is 1.16. The van der Waals surface area contributed by atoms with Gasteiger partial charge in [0.15, 0.2) is 0 Å². The van der Waals surface area contributed by atoms with Crippen LogP contribution < -0.4 is 5.32 Å². The first kappa shape index (κ1) is 17.4. The minimum atomic E-state index is -0.876. The van der Waals surface area contributed by atoms with Crippen molar-refractivity contribution in [3.63, 3.8) is 0 Å². The first-order valence-corrected chi connectivity index (χ1v) is 6.57. The summed E-state index contributed by atoms with van der Waals surface area (Å²) in [6.45, 7) is 5.53. The van der Waals surface area contributed by atoms with Gasteiger partial charge in [-0.2, -0.15) is 0 Å². The highest BCUT2D eigenvalue weighted by atomic mass is 16.3. The van der Waals surface area contributed by atoms with E-state index in [2.05, 4.69) is 11.4 Å². The largest absolute Gasteiger partial charge is 0.389 e. The van der Waals surface area contributed by atoms with E-state index in [0.717, 1.165) is 12.8 Å². The molecule has 0 radical (unpaired) electrons. The second kappa shape index (κ2) is 10.3. The van der Waals surface area contributed by atoms with Gasteiger partial charge in [0.25, 0.3) is 0 Å². The number of carbonyl (C=O) groups excluding carboxylic acids is 1. The molecular formula is C16H25NO2. The predicted octanol–water partition coefficient (Wildman–Crippen LogP) is 2.90. The zero-order valence-electron chi connectivity index (χ0n) is 12.1. The van der Waals surface area contributed by atoms with Gasteiger partial charge >= 0.3 is 0 Å². The number of aliphatic hydroxyl groups is 1. The van der Waals surface area contributed by atoms with Crippen LogP contribution in [0.5, 0.6) is 0 Å². The molecule has 0 aliphatic rings. The van der Waals surface area contributed by atoms with Crippen molar-refractivity contribution in [3.05, 3.63) is 48.6 Å². The highest BCUT2D eigenvalue weighted by Crippen LogP contribution is 1.97. The van der Waals surface area contributed by atoms with Gasteiger partial charge in [0, 0.05) is 12.6 Å². The maximum absolute atomic E-state index is 11.3. The summed E-state index contributed by atoms with van der Waals surface area (Å²) in [5.74, 6) is -0.195. The molecule has 106 valence electrons. The Labute approximate surface area is 116 Å². The van der Waals surface area contributed by atoms with E-state index in [-0.39, 0.29) is 12.5 Å². The Morgan fingerprint density at radius 3 is 2.21 bits per heavy atom. The molecule has 0 aromatic heterocycles. The second-order valence-corrected chi connectivity index (χ2v) is 4.85. The average molecular weight is 263 g/mol. The topological polar surface area (TPSA) is 49.3 Å². The molecule has 2 N–H and O–H groups in total. The minimum Gasteiger partial charge on any atom is -0.389 e. The van der Waals surface area contributed by atoms with Crippen LogP contribution in [0.25, 0.3) is 0 Å². The maximum atomic E-state index is 11.3. The van der Waals surface area contributed by atoms with Crippen molar-refractivity contribution in [1.82, 2.24) is 5.32 Å². The first-order valence-electron chi connectivity index (χ1n) is 6.57. The number of nitrogens with one attached hydrogen (secondary N) is 1. The van der Waals surface area contributed by atoms with E-state index < -0.39 is 5.60 Å². The monoisotopic (exact) mass is 263 g/mol. The van der Waals surface area contributed by atoms with Crippen molar-refractivity contribution in [2.45, 2.75) is 39.2 Å². The van der Waals surface area contributed by atoms with Crippen LogP contribution in [-0.2, 0) is 4.79 Å². The van der Waals surface area contributed by atoms with Gasteiger partial charge in [-0.05, 0) is 33.6 Å². The molecule has 1 amide bonds. The van der Waals surface area contributed by atoms with Crippen molar-refractivity contribution >= 4 is 5.91 Å². The number of carbonyl (C=O) groups is 1. The average Bonchev–Trinajstić information content (AvgIpc) is 2.33. The molecule has 0 spiro atoms.